The number of fused-ring (bicyclic) bond motifs is 1. The van der Waals surface area contributed by atoms with Gasteiger partial charge in [0.15, 0.2) is 0 Å². The summed E-state index contributed by atoms with van der Waals surface area (Å²) in [5.74, 6) is -0.799. The summed E-state index contributed by atoms with van der Waals surface area (Å²) in [5, 5.41) is 3.60. The number of methoxy groups -OCH3 is 1. The highest BCUT2D eigenvalue weighted by molar-refractivity contribution is 7.90. The molecule has 1 aromatic heterocycles. The Morgan fingerprint density at radius 1 is 1.33 bits per heavy atom. The number of rotatable bonds is 2. The predicted octanol–water partition coefficient (Wildman–Crippen LogP) is 1.83. The molecule has 2 aromatic rings. The second kappa shape index (κ2) is 4.72. The molecule has 0 saturated carbocycles. The number of ether oxygens (including phenoxy) is 1. The van der Waals surface area contributed by atoms with Crippen LogP contribution >= 0.6 is 0 Å². The van der Waals surface area contributed by atoms with Crippen LogP contribution in [0.5, 0.6) is 0 Å². The molecule has 0 amide bonds. The van der Waals surface area contributed by atoms with Gasteiger partial charge in [-0.05, 0) is 19.1 Å². The molecule has 1 heterocycles. The third-order valence-electron chi connectivity index (χ3n) is 2.78. The van der Waals surface area contributed by atoms with E-state index in [2.05, 4.69) is 9.84 Å². The van der Waals surface area contributed by atoms with E-state index in [1.807, 2.05) is 0 Å². The van der Waals surface area contributed by atoms with E-state index in [1.165, 1.54) is 19.1 Å². The van der Waals surface area contributed by atoms with Gasteiger partial charge in [-0.2, -0.15) is 26.7 Å². The number of aryl methyl sites for hydroxylation is 1. The highest BCUT2D eigenvalue weighted by Gasteiger charge is 2.48. The van der Waals surface area contributed by atoms with E-state index in [0.29, 0.717) is 0 Å². The van der Waals surface area contributed by atoms with Crippen molar-refractivity contribution in [2.45, 2.75) is 12.4 Å². The van der Waals surface area contributed by atoms with E-state index in [0.717, 1.165) is 13.2 Å². The van der Waals surface area contributed by atoms with Crippen LogP contribution in [0.4, 0.5) is 13.2 Å². The lowest BCUT2D eigenvalue weighted by molar-refractivity contribution is -0.0448. The molecule has 2 rings (SSSR count). The van der Waals surface area contributed by atoms with Gasteiger partial charge in [-0.1, -0.05) is 6.07 Å². The van der Waals surface area contributed by atoms with Crippen molar-refractivity contribution in [3.05, 3.63) is 29.5 Å². The van der Waals surface area contributed by atoms with Crippen molar-refractivity contribution in [3.63, 3.8) is 0 Å². The third kappa shape index (κ3) is 2.35. The number of halogens is 3. The summed E-state index contributed by atoms with van der Waals surface area (Å²) in [7, 11) is -4.58. The standard InChI is InChI=1S/C11H9F3N2O4S/c1-6-8-4-3-7(10(17)20-2)5-9(8)16(15-6)21(18,19)11(12,13)14/h3-5H,1-2H3. The Balaban J connectivity index is 2.79. The molecular formula is C11H9F3N2O4S. The SMILES string of the molecule is COC(=O)c1ccc2c(C)nn(S(=O)(=O)C(F)(F)F)c2c1. The molecule has 0 aliphatic rings. The summed E-state index contributed by atoms with van der Waals surface area (Å²) in [6.45, 7) is 1.36. The highest BCUT2D eigenvalue weighted by atomic mass is 32.2. The minimum absolute atomic E-state index is 0.0801. The van der Waals surface area contributed by atoms with E-state index < -0.39 is 21.5 Å². The quantitative estimate of drug-likeness (QED) is 0.788. The number of carbonyl (C=O) groups is 1. The van der Waals surface area contributed by atoms with Crippen molar-refractivity contribution >= 4 is 26.9 Å². The Bertz CT molecular complexity index is 824. The lowest BCUT2D eigenvalue weighted by Crippen LogP contribution is -2.30. The van der Waals surface area contributed by atoms with Gasteiger partial charge in [0.25, 0.3) is 0 Å². The second-order valence-corrected chi connectivity index (χ2v) is 5.86. The van der Waals surface area contributed by atoms with Crippen molar-refractivity contribution in [1.82, 2.24) is 9.19 Å². The number of alkyl halides is 3. The number of hydrogen-bond acceptors (Lipinski definition) is 5. The van der Waals surface area contributed by atoms with Crippen LogP contribution in [-0.2, 0) is 14.8 Å². The second-order valence-electron chi connectivity index (χ2n) is 4.10. The monoisotopic (exact) mass is 322 g/mol. The zero-order valence-corrected chi connectivity index (χ0v) is 11.6. The number of benzene rings is 1. The van der Waals surface area contributed by atoms with Crippen LogP contribution in [0.3, 0.4) is 0 Å². The van der Waals surface area contributed by atoms with Crippen LogP contribution in [0, 0.1) is 6.92 Å². The molecule has 6 nitrogen and oxygen atoms in total. The molecular weight excluding hydrogens is 313 g/mol. The van der Waals surface area contributed by atoms with Crippen LogP contribution in [0.15, 0.2) is 18.2 Å². The molecule has 0 radical (unpaired) electrons. The Hall–Kier alpha value is -2.10. The summed E-state index contributed by atoms with van der Waals surface area (Å²) in [5.41, 5.74) is -5.83. The van der Waals surface area contributed by atoms with Gasteiger partial charge >= 0.3 is 21.5 Å². The first kappa shape index (κ1) is 15.3. The third-order valence-corrected chi connectivity index (χ3v) is 4.09. The molecule has 0 fully saturated rings. The van der Waals surface area contributed by atoms with Crippen molar-refractivity contribution < 1.29 is 31.1 Å². The molecule has 21 heavy (non-hydrogen) atoms. The fourth-order valence-corrected chi connectivity index (χ4v) is 2.60. The minimum atomic E-state index is -5.68. The molecule has 0 saturated heterocycles. The Morgan fingerprint density at radius 2 is 1.95 bits per heavy atom. The number of aromatic nitrogens is 2. The Morgan fingerprint density at radius 3 is 2.48 bits per heavy atom. The highest BCUT2D eigenvalue weighted by Crippen LogP contribution is 2.29. The molecule has 1 aromatic carbocycles. The summed E-state index contributed by atoms with van der Waals surface area (Å²) < 4.78 is 65.2. The van der Waals surface area contributed by atoms with Gasteiger partial charge in [-0.15, -0.1) is 4.09 Å². The summed E-state index contributed by atoms with van der Waals surface area (Å²) in [4.78, 5) is 11.4. The number of carbonyl (C=O) groups excluding carboxylic acids is 1. The van der Waals surface area contributed by atoms with E-state index in [9.17, 15) is 26.4 Å². The molecule has 0 unspecified atom stereocenters. The van der Waals surface area contributed by atoms with E-state index in [4.69, 9.17) is 0 Å². The van der Waals surface area contributed by atoms with Gasteiger partial charge in [0.1, 0.15) is 0 Å². The van der Waals surface area contributed by atoms with Crippen molar-refractivity contribution in [2.24, 2.45) is 0 Å². The van der Waals surface area contributed by atoms with Gasteiger partial charge in [-0.3, -0.25) is 0 Å². The van der Waals surface area contributed by atoms with Gasteiger partial charge in [-0.25, -0.2) is 4.79 Å². The van der Waals surface area contributed by atoms with Crippen LogP contribution < -0.4 is 0 Å². The molecule has 10 heteroatoms. The van der Waals surface area contributed by atoms with E-state index >= 15 is 0 Å². The molecule has 114 valence electrons. The first-order valence-corrected chi connectivity index (χ1v) is 6.93. The fourth-order valence-electron chi connectivity index (χ4n) is 1.77. The summed E-state index contributed by atoms with van der Waals surface area (Å²) in [6.07, 6.45) is 0. The number of nitrogens with zero attached hydrogens (tertiary/aromatic N) is 2. The summed E-state index contributed by atoms with van der Waals surface area (Å²) >= 11 is 0. The number of esters is 1. The zero-order valence-electron chi connectivity index (χ0n) is 10.8. The van der Waals surface area contributed by atoms with Crippen LogP contribution in [0.2, 0.25) is 0 Å². The van der Waals surface area contributed by atoms with E-state index in [1.54, 1.807) is 0 Å². The maximum Gasteiger partial charge on any atom is 0.518 e. The lowest BCUT2D eigenvalue weighted by atomic mass is 10.1. The average molecular weight is 322 g/mol. The van der Waals surface area contributed by atoms with Gasteiger partial charge in [0.2, 0.25) is 0 Å². The summed E-state index contributed by atoms with van der Waals surface area (Å²) in [6, 6.07) is 3.62. The van der Waals surface area contributed by atoms with Crippen LogP contribution in [-0.4, -0.2) is 36.2 Å². The van der Waals surface area contributed by atoms with Crippen LogP contribution in [0.25, 0.3) is 10.9 Å². The van der Waals surface area contributed by atoms with Gasteiger partial charge < -0.3 is 4.74 Å². The van der Waals surface area contributed by atoms with Crippen molar-refractivity contribution in [1.29, 1.82) is 0 Å². The van der Waals surface area contributed by atoms with E-state index in [-0.39, 0.29) is 26.2 Å². The molecule has 0 aliphatic heterocycles. The first-order valence-electron chi connectivity index (χ1n) is 5.49. The van der Waals surface area contributed by atoms with Crippen molar-refractivity contribution in [3.8, 4) is 0 Å². The topological polar surface area (TPSA) is 78.3 Å². The predicted molar refractivity (Wildman–Crippen MR) is 66.2 cm³/mol. The maximum absolute atomic E-state index is 12.6. The number of hydrogen-bond donors (Lipinski definition) is 0. The Kier molecular flexibility index (Phi) is 3.44. The zero-order chi connectivity index (χ0) is 16.0. The fraction of sp³-hybridized carbons (Fsp3) is 0.273. The Labute approximate surface area is 117 Å². The molecule has 0 N–H and O–H groups in total. The molecule has 0 spiro atoms. The normalized spacial score (nSPS) is 12.6. The molecule has 0 bridgehead atoms. The molecule has 0 atom stereocenters. The lowest BCUT2D eigenvalue weighted by Gasteiger charge is -2.09. The average Bonchev–Trinajstić information content (AvgIpc) is 2.74. The first-order chi connectivity index (χ1) is 9.59. The van der Waals surface area contributed by atoms with Gasteiger partial charge in [0.05, 0.1) is 23.9 Å². The van der Waals surface area contributed by atoms with Gasteiger partial charge in [0, 0.05) is 5.39 Å². The molecule has 0 aliphatic carbocycles. The largest absolute Gasteiger partial charge is 0.518 e. The van der Waals surface area contributed by atoms with Crippen LogP contribution in [0.1, 0.15) is 16.1 Å². The maximum atomic E-state index is 12.6. The minimum Gasteiger partial charge on any atom is -0.465 e. The smallest absolute Gasteiger partial charge is 0.465 e. The van der Waals surface area contributed by atoms with Crippen molar-refractivity contribution in [2.75, 3.05) is 7.11 Å².